The van der Waals surface area contributed by atoms with Gasteiger partial charge in [-0.25, -0.2) is 4.79 Å². The molecule has 0 saturated heterocycles. The number of nitro groups is 1. The minimum absolute atomic E-state index is 0.0683. The molecule has 1 atom stereocenters. The van der Waals surface area contributed by atoms with Gasteiger partial charge in [0, 0.05) is 17.2 Å². The van der Waals surface area contributed by atoms with E-state index in [-0.39, 0.29) is 27.9 Å². The summed E-state index contributed by atoms with van der Waals surface area (Å²) in [6, 6.07) is 8.19. The van der Waals surface area contributed by atoms with E-state index in [9.17, 15) is 19.7 Å². The number of halogens is 2. The fraction of sp³-hybridized carbons (Fsp3) is 0.222. The summed E-state index contributed by atoms with van der Waals surface area (Å²) in [7, 11) is 1.35. The average Bonchev–Trinajstić information content (AvgIpc) is 2.67. The van der Waals surface area contributed by atoms with Gasteiger partial charge in [0.05, 0.1) is 22.7 Å². The second-order valence-electron chi connectivity index (χ2n) is 5.63. The van der Waals surface area contributed by atoms with Crippen LogP contribution in [0, 0.1) is 10.1 Å². The zero-order valence-corrected chi connectivity index (χ0v) is 16.8. The Kier molecular flexibility index (Phi) is 7.63. The molecule has 0 aliphatic carbocycles. The largest absolute Gasteiger partial charge is 0.495 e. The van der Waals surface area contributed by atoms with Gasteiger partial charge in [0.1, 0.15) is 11.5 Å². The second-order valence-corrected chi connectivity index (χ2v) is 6.47. The van der Waals surface area contributed by atoms with E-state index in [1.54, 1.807) is 0 Å². The first-order chi connectivity index (χ1) is 13.7. The van der Waals surface area contributed by atoms with Crippen molar-refractivity contribution in [3.8, 4) is 11.5 Å². The molecule has 0 heterocycles. The van der Waals surface area contributed by atoms with Crippen LogP contribution in [0.5, 0.6) is 11.5 Å². The van der Waals surface area contributed by atoms with Gasteiger partial charge in [0.2, 0.25) is 0 Å². The summed E-state index contributed by atoms with van der Waals surface area (Å²) in [6.45, 7) is 0.853. The maximum absolute atomic E-state index is 12.3. The fourth-order valence-electron chi connectivity index (χ4n) is 2.16. The van der Waals surface area contributed by atoms with Crippen molar-refractivity contribution in [3.05, 3.63) is 56.6 Å². The lowest BCUT2D eigenvalue weighted by Crippen LogP contribution is -2.31. The Labute approximate surface area is 175 Å². The summed E-state index contributed by atoms with van der Waals surface area (Å²) < 4.78 is 15.3. The molecule has 0 aromatic heterocycles. The zero-order chi connectivity index (χ0) is 21.6. The highest BCUT2D eigenvalue weighted by molar-refractivity contribution is 6.35. The monoisotopic (exact) mass is 442 g/mol. The highest BCUT2D eigenvalue weighted by Gasteiger charge is 2.21. The van der Waals surface area contributed by atoms with Crippen LogP contribution in [0.25, 0.3) is 0 Å². The van der Waals surface area contributed by atoms with E-state index in [2.05, 4.69) is 5.32 Å². The van der Waals surface area contributed by atoms with Gasteiger partial charge in [-0.1, -0.05) is 23.2 Å². The molecule has 9 nitrogen and oxygen atoms in total. The minimum atomic E-state index is -1.20. The first kappa shape index (κ1) is 22.3. The predicted octanol–water partition coefficient (Wildman–Crippen LogP) is 3.86. The lowest BCUT2D eigenvalue weighted by molar-refractivity contribution is -0.384. The molecule has 0 aliphatic rings. The normalized spacial score (nSPS) is 11.3. The highest BCUT2D eigenvalue weighted by Crippen LogP contribution is 2.29. The molecule has 0 fully saturated rings. The lowest BCUT2D eigenvalue weighted by atomic mass is 10.2. The summed E-state index contributed by atoms with van der Waals surface area (Å²) >= 11 is 11.7. The highest BCUT2D eigenvalue weighted by atomic mass is 35.5. The number of nitrogens with zero attached hydrogens (tertiary/aromatic N) is 1. The van der Waals surface area contributed by atoms with E-state index in [0.717, 1.165) is 6.07 Å². The van der Waals surface area contributed by atoms with E-state index in [1.807, 2.05) is 0 Å². The van der Waals surface area contributed by atoms with E-state index >= 15 is 0 Å². The maximum atomic E-state index is 12.3. The number of ether oxygens (including phenoxy) is 3. The smallest absolute Gasteiger partial charge is 0.344 e. The van der Waals surface area contributed by atoms with Gasteiger partial charge in [-0.3, -0.25) is 14.9 Å². The fourth-order valence-corrected chi connectivity index (χ4v) is 2.62. The Morgan fingerprint density at radius 3 is 2.48 bits per heavy atom. The number of esters is 1. The van der Waals surface area contributed by atoms with Crippen LogP contribution in [0.15, 0.2) is 36.4 Å². The van der Waals surface area contributed by atoms with Crippen LogP contribution >= 0.6 is 23.2 Å². The van der Waals surface area contributed by atoms with Crippen molar-refractivity contribution in [1.29, 1.82) is 0 Å². The van der Waals surface area contributed by atoms with Gasteiger partial charge in [0.15, 0.2) is 12.7 Å². The van der Waals surface area contributed by atoms with E-state index < -0.39 is 29.5 Å². The topological polar surface area (TPSA) is 117 Å². The Bertz CT molecular complexity index is 936. The number of amides is 1. The Morgan fingerprint density at radius 1 is 1.17 bits per heavy atom. The van der Waals surface area contributed by atoms with Crippen molar-refractivity contribution in [2.45, 2.75) is 13.0 Å². The number of rotatable bonds is 8. The summed E-state index contributed by atoms with van der Waals surface area (Å²) in [4.78, 5) is 34.5. The molecule has 11 heteroatoms. The van der Waals surface area contributed by atoms with E-state index in [0.29, 0.717) is 5.02 Å². The predicted molar refractivity (Wildman–Crippen MR) is 106 cm³/mol. The maximum Gasteiger partial charge on any atom is 0.344 e. The molecular weight excluding hydrogens is 427 g/mol. The SMILES string of the molecule is COc1ccc([N+](=O)[O-])cc1NC(=O)C(C)OC(=O)COc1ccc(Cl)cc1Cl. The number of nitrogens with one attached hydrogen (secondary N) is 1. The molecule has 0 saturated carbocycles. The van der Waals surface area contributed by atoms with Gasteiger partial charge in [0.25, 0.3) is 11.6 Å². The lowest BCUT2D eigenvalue weighted by Gasteiger charge is -2.15. The van der Waals surface area contributed by atoms with Crippen molar-refractivity contribution >= 4 is 46.5 Å². The summed E-state index contributed by atoms with van der Waals surface area (Å²) in [6.07, 6.45) is -1.20. The van der Waals surface area contributed by atoms with Crippen molar-refractivity contribution < 1.29 is 28.7 Å². The molecule has 0 spiro atoms. The zero-order valence-electron chi connectivity index (χ0n) is 15.3. The number of methoxy groups -OCH3 is 1. The molecule has 1 amide bonds. The minimum Gasteiger partial charge on any atom is -0.495 e. The van der Waals surface area contributed by atoms with Crippen molar-refractivity contribution in [2.75, 3.05) is 19.0 Å². The molecule has 154 valence electrons. The van der Waals surface area contributed by atoms with Gasteiger partial charge >= 0.3 is 5.97 Å². The second kappa shape index (κ2) is 9.94. The summed E-state index contributed by atoms with van der Waals surface area (Å²) in [5.74, 6) is -1.08. The molecule has 2 aromatic carbocycles. The number of hydrogen-bond acceptors (Lipinski definition) is 7. The van der Waals surface area contributed by atoms with Gasteiger partial charge < -0.3 is 19.5 Å². The van der Waals surface area contributed by atoms with Crippen LogP contribution in [0.2, 0.25) is 10.0 Å². The van der Waals surface area contributed by atoms with Crippen molar-refractivity contribution in [3.63, 3.8) is 0 Å². The molecule has 0 radical (unpaired) electrons. The van der Waals surface area contributed by atoms with Crippen LogP contribution < -0.4 is 14.8 Å². The van der Waals surface area contributed by atoms with Crippen LogP contribution in [0.3, 0.4) is 0 Å². The summed E-state index contributed by atoms with van der Waals surface area (Å²) in [5.41, 5.74) is -0.169. The Morgan fingerprint density at radius 2 is 1.86 bits per heavy atom. The Balaban J connectivity index is 1.95. The molecule has 1 unspecified atom stereocenters. The van der Waals surface area contributed by atoms with E-state index in [4.69, 9.17) is 37.4 Å². The number of carbonyl (C=O) groups excluding carboxylic acids is 2. The third kappa shape index (κ3) is 6.23. The number of nitro benzene ring substituents is 1. The summed E-state index contributed by atoms with van der Waals surface area (Å²) in [5, 5.41) is 14.0. The molecule has 0 bridgehead atoms. The van der Waals surface area contributed by atoms with Gasteiger partial charge in [-0.15, -0.1) is 0 Å². The van der Waals surface area contributed by atoms with Crippen LogP contribution in [0.1, 0.15) is 6.92 Å². The Hall–Kier alpha value is -3.04. The van der Waals surface area contributed by atoms with E-state index in [1.165, 1.54) is 44.4 Å². The van der Waals surface area contributed by atoms with Crippen LogP contribution in [-0.4, -0.2) is 36.6 Å². The molecule has 1 N–H and O–H groups in total. The first-order valence-electron chi connectivity index (χ1n) is 8.12. The molecule has 29 heavy (non-hydrogen) atoms. The third-order valence-electron chi connectivity index (χ3n) is 3.57. The third-order valence-corrected chi connectivity index (χ3v) is 4.10. The quantitative estimate of drug-likeness (QED) is 0.374. The van der Waals surface area contributed by atoms with Crippen LogP contribution in [-0.2, 0) is 14.3 Å². The number of benzene rings is 2. The molecular formula is C18H16Cl2N2O7. The number of carbonyl (C=O) groups is 2. The number of hydrogen-bond donors (Lipinski definition) is 1. The van der Waals surface area contributed by atoms with Crippen molar-refractivity contribution in [1.82, 2.24) is 0 Å². The van der Waals surface area contributed by atoms with Gasteiger partial charge in [-0.05, 0) is 31.2 Å². The number of anilines is 1. The molecule has 2 aromatic rings. The van der Waals surface area contributed by atoms with Crippen molar-refractivity contribution in [2.24, 2.45) is 0 Å². The molecule has 2 rings (SSSR count). The molecule has 0 aliphatic heterocycles. The average molecular weight is 443 g/mol. The van der Waals surface area contributed by atoms with Gasteiger partial charge in [-0.2, -0.15) is 0 Å². The first-order valence-corrected chi connectivity index (χ1v) is 8.87. The van der Waals surface area contributed by atoms with Crippen LogP contribution in [0.4, 0.5) is 11.4 Å². The standard InChI is InChI=1S/C18H16Cl2N2O7/c1-10(29-17(23)9-28-15-5-3-11(19)7-13(15)20)18(24)21-14-8-12(22(25)26)4-6-16(14)27-2/h3-8,10H,9H2,1-2H3,(H,21,24). The number of non-ortho nitro benzene ring substituents is 1.